The number of hydrogen-bond donors (Lipinski definition) is 0. The average molecular weight is 250 g/mol. The molecule has 0 heterocycles. The number of carbonyl (C=O) groups excluding carboxylic acids is 1. The van der Waals surface area contributed by atoms with E-state index in [2.05, 4.69) is 6.58 Å². The van der Waals surface area contributed by atoms with Crippen molar-refractivity contribution in [2.45, 2.75) is 26.4 Å². The van der Waals surface area contributed by atoms with Gasteiger partial charge < -0.3 is 13.8 Å². The van der Waals surface area contributed by atoms with Crippen LogP contribution >= 0.6 is 7.60 Å². The minimum atomic E-state index is -3.51. The molecule has 0 aromatic carbocycles. The number of rotatable bonds is 8. The Kier molecular flexibility index (Phi) is 7.30. The third-order valence-electron chi connectivity index (χ3n) is 1.71. The van der Waals surface area contributed by atoms with Gasteiger partial charge >= 0.3 is 13.6 Å². The summed E-state index contributed by atoms with van der Waals surface area (Å²) in [5.41, 5.74) is -1.06. The van der Waals surface area contributed by atoms with Crippen LogP contribution in [-0.2, 0) is 23.1 Å². The van der Waals surface area contributed by atoms with Crippen LogP contribution in [0, 0.1) is 0 Å². The van der Waals surface area contributed by atoms with Crippen molar-refractivity contribution in [1.82, 2.24) is 0 Å². The van der Waals surface area contributed by atoms with Crippen LogP contribution in [0.2, 0.25) is 0 Å². The normalized spacial score (nSPS) is 13.2. The fourth-order valence-electron chi connectivity index (χ4n) is 1.14. The molecule has 0 aliphatic rings. The summed E-state index contributed by atoms with van der Waals surface area (Å²) in [6.07, 6.45) is 1.24. The molecule has 5 nitrogen and oxygen atoms in total. The second-order valence-electron chi connectivity index (χ2n) is 2.81. The van der Waals surface area contributed by atoms with E-state index in [1.165, 1.54) is 6.08 Å². The molecule has 0 bridgehead atoms. The molecule has 0 aromatic heterocycles. The second-order valence-corrected chi connectivity index (χ2v) is 4.96. The van der Waals surface area contributed by atoms with Crippen molar-refractivity contribution < 1.29 is 23.1 Å². The van der Waals surface area contributed by atoms with E-state index < -0.39 is 19.2 Å². The van der Waals surface area contributed by atoms with Gasteiger partial charge in [-0.25, -0.2) is 0 Å². The number of hydrogen-bond acceptors (Lipinski definition) is 5. The summed E-state index contributed by atoms with van der Waals surface area (Å²) in [6.45, 7) is 9.09. The van der Waals surface area contributed by atoms with Crippen LogP contribution in [-0.4, -0.2) is 31.4 Å². The quantitative estimate of drug-likeness (QED) is 0.376. The van der Waals surface area contributed by atoms with Gasteiger partial charge in [0.2, 0.25) is 0 Å². The molecule has 16 heavy (non-hydrogen) atoms. The predicted molar refractivity (Wildman–Crippen MR) is 61.5 cm³/mol. The maximum absolute atomic E-state index is 12.2. The minimum Gasteiger partial charge on any atom is -0.465 e. The highest BCUT2D eigenvalue weighted by Gasteiger charge is 2.39. The molecule has 6 heteroatoms. The molecular weight excluding hydrogens is 231 g/mol. The predicted octanol–water partition coefficient (Wildman–Crippen LogP) is 2.37. The van der Waals surface area contributed by atoms with Crippen LogP contribution < -0.4 is 0 Å². The second kappa shape index (κ2) is 7.60. The Bertz CT molecular complexity index is 266. The van der Waals surface area contributed by atoms with Gasteiger partial charge in [-0.2, -0.15) is 0 Å². The fraction of sp³-hybridized carbons (Fsp3) is 0.700. The summed E-state index contributed by atoms with van der Waals surface area (Å²) in [5, 5.41) is 0. The van der Waals surface area contributed by atoms with Crippen molar-refractivity contribution in [1.29, 1.82) is 0 Å². The Balaban J connectivity index is 4.90. The number of esters is 1. The van der Waals surface area contributed by atoms with E-state index in [-0.39, 0.29) is 19.8 Å². The summed E-state index contributed by atoms with van der Waals surface area (Å²) in [5.74, 6) is -0.636. The van der Waals surface area contributed by atoms with Crippen molar-refractivity contribution in [2.75, 3.05) is 19.8 Å². The van der Waals surface area contributed by atoms with Gasteiger partial charge in [0.1, 0.15) is 0 Å². The van der Waals surface area contributed by atoms with Crippen molar-refractivity contribution >= 4 is 13.6 Å². The SMILES string of the molecule is C=CC(C(=O)OCC)P(=O)(OCC)OCC. The zero-order valence-electron chi connectivity index (χ0n) is 9.97. The third kappa shape index (κ3) is 4.08. The molecule has 1 unspecified atom stereocenters. The van der Waals surface area contributed by atoms with Crippen LogP contribution in [0.5, 0.6) is 0 Å². The van der Waals surface area contributed by atoms with Crippen LogP contribution in [0.25, 0.3) is 0 Å². The van der Waals surface area contributed by atoms with Crippen molar-refractivity contribution in [3.8, 4) is 0 Å². The lowest BCUT2D eigenvalue weighted by molar-refractivity contribution is -0.142. The Morgan fingerprint density at radius 2 is 1.75 bits per heavy atom. The first-order valence-corrected chi connectivity index (χ1v) is 6.84. The molecule has 0 aliphatic heterocycles. The van der Waals surface area contributed by atoms with Gasteiger partial charge in [0.15, 0.2) is 5.66 Å². The van der Waals surface area contributed by atoms with E-state index in [0.717, 1.165) is 0 Å². The van der Waals surface area contributed by atoms with Gasteiger partial charge in [0, 0.05) is 0 Å². The minimum absolute atomic E-state index is 0.195. The molecule has 0 aliphatic carbocycles. The molecule has 0 rings (SSSR count). The molecular formula is C10H19O5P. The smallest absolute Gasteiger partial charge is 0.348 e. The molecule has 1 atom stereocenters. The summed E-state index contributed by atoms with van der Waals surface area (Å²) < 4.78 is 27.1. The summed E-state index contributed by atoms with van der Waals surface area (Å²) in [7, 11) is -3.51. The Morgan fingerprint density at radius 3 is 2.06 bits per heavy atom. The molecule has 0 saturated heterocycles. The van der Waals surface area contributed by atoms with Crippen LogP contribution in [0.15, 0.2) is 12.7 Å². The lowest BCUT2D eigenvalue weighted by Crippen LogP contribution is -2.23. The maximum Gasteiger partial charge on any atom is 0.348 e. The summed E-state index contributed by atoms with van der Waals surface area (Å²) in [4.78, 5) is 11.5. The highest BCUT2D eigenvalue weighted by molar-refractivity contribution is 7.56. The third-order valence-corrected chi connectivity index (χ3v) is 4.05. The lowest BCUT2D eigenvalue weighted by atomic mass is 10.4. The zero-order chi connectivity index (χ0) is 12.6. The van der Waals surface area contributed by atoms with Gasteiger partial charge in [-0.1, -0.05) is 6.08 Å². The zero-order valence-corrected chi connectivity index (χ0v) is 10.9. The number of carbonyl (C=O) groups is 1. The van der Waals surface area contributed by atoms with Gasteiger partial charge in [-0.05, 0) is 20.8 Å². The van der Waals surface area contributed by atoms with Gasteiger partial charge in [0.05, 0.1) is 19.8 Å². The molecule has 0 fully saturated rings. The standard InChI is InChI=1S/C10H19O5P/c1-5-9(10(11)13-6-2)16(12,14-7-3)15-8-4/h5,9H,1,6-8H2,2-4H3. The van der Waals surface area contributed by atoms with Crippen molar-refractivity contribution in [3.05, 3.63) is 12.7 Å². The topological polar surface area (TPSA) is 61.8 Å². The Morgan fingerprint density at radius 1 is 1.25 bits per heavy atom. The van der Waals surface area contributed by atoms with E-state index in [9.17, 15) is 9.36 Å². The van der Waals surface area contributed by atoms with Crippen LogP contribution in [0.1, 0.15) is 20.8 Å². The monoisotopic (exact) mass is 250 g/mol. The molecule has 0 spiro atoms. The molecule has 94 valence electrons. The average Bonchev–Trinajstić information content (AvgIpc) is 2.19. The van der Waals surface area contributed by atoms with Gasteiger partial charge in [-0.3, -0.25) is 9.36 Å². The van der Waals surface area contributed by atoms with E-state index in [1.807, 2.05) is 0 Å². The first kappa shape index (κ1) is 15.4. The summed E-state index contributed by atoms with van der Waals surface area (Å²) in [6, 6.07) is 0. The van der Waals surface area contributed by atoms with E-state index in [4.69, 9.17) is 13.8 Å². The fourth-order valence-corrected chi connectivity index (χ4v) is 2.85. The van der Waals surface area contributed by atoms with Gasteiger partial charge in [-0.15, -0.1) is 6.58 Å². The molecule has 0 N–H and O–H groups in total. The Hall–Kier alpha value is -0.640. The van der Waals surface area contributed by atoms with Crippen molar-refractivity contribution in [2.24, 2.45) is 0 Å². The van der Waals surface area contributed by atoms with Crippen LogP contribution in [0.3, 0.4) is 0 Å². The van der Waals surface area contributed by atoms with Gasteiger partial charge in [0.25, 0.3) is 0 Å². The molecule has 0 amide bonds. The van der Waals surface area contributed by atoms with E-state index >= 15 is 0 Å². The first-order chi connectivity index (χ1) is 7.55. The molecule has 0 saturated carbocycles. The Labute approximate surface area is 96.3 Å². The largest absolute Gasteiger partial charge is 0.465 e. The van der Waals surface area contributed by atoms with Crippen LogP contribution in [0.4, 0.5) is 0 Å². The van der Waals surface area contributed by atoms with E-state index in [0.29, 0.717) is 0 Å². The summed E-state index contributed by atoms with van der Waals surface area (Å²) >= 11 is 0. The van der Waals surface area contributed by atoms with Crippen molar-refractivity contribution in [3.63, 3.8) is 0 Å². The first-order valence-electron chi connectivity index (χ1n) is 5.23. The maximum atomic E-state index is 12.2. The highest BCUT2D eigenvalue weighted by Crippen LogP contribution is 2.53. The molecule has 0 radical (unpaired) electrons. The molecule has 0 aromatic rings. The lowest BCUT2D eigenvalue weighted by Gasteiger charge is -2.22. The van der Waals surface area contributed by atoms with E-state index in [1.54, 1.807) is 20.8 Å². The highest BCUT2D eigenvalue weighted by atomic mass is 31.2. The number of ether oxygens (including phenoxy) is 1.